The molecule has 0 saturated carbocycles. The summed E-state index contributed by atoms with van der Waals surface area (Å²) in [4.78, 5) is 22.5. The van der Waals surface area contributed by atoms with E-state index in [1.807, 2.05) is 84.9 Å². The zero-order chi connectivity index (χ0) is 38.4. The van der Waals surface area contributed by atoms with E-state index in [-0.39, 0.29) is 5.75 Å². The van der Waals surface area contributed by atoms with Crippen molar-refractivity contribution in [3.8, 4) is 0 Å². The number of halogens is 1. The second kappa shape index (κ2) is 16.4. The van der Waals surface area contributed by atoms with Crippen LogP contribution < -0.4 is 10.2 Å². The number of hydrogen-bond acceptors (Lipinski definition) is 6. The molecule has 8 heteroatoms. The van der Waals surface area contributed by atoms with Gasteiger partial charge in [0.05, 0.1) is 10.3 Å². The molecule has 0 saturated heterocycles. The van der Waals surface area contributed by atoms with Gasteiger partial charge in [0.15, 0.2) is 0 Å². The highest BCUT2D eigenvalue weighted by Gasteiger charge is 2.44. The number of thioether (sulfide) groups is 1. The van der Waals surface area contributed by atoms with Gasteiger partial charge in [-0.1, -0.05) is 198 Å². The third-order valence-electron chi connectivity index (χ3n) is 10.1. The molecule has 1 heterocycles. The van der Waals surface area contributed by atoms with Crippen LogP contribution in [-0.2, 0) is 15.1 Å². The first-order valence-electron chi connectivity index (χ1n) is 18.5. The van der Waals surface area contributed by atoms with Crippen LogP contribution in [0, 0.1) is 6.92 Å². The molecule has 1 aromatic heterocycles. The molecule has 276 valence electrons. The molecule has 0 bridgehead atoms. The van der Waals surface area contributed by atoms with Crippen LogP contribution in [0.25, 0.3) is 11.0 Å². The van der Waals surface area contributed by atoms with E-state index in [1.54, 1.807) is 11.8 Å². The summed E-state index contributed by atoms with van der Waals surface area (Å²) in [5, 5.41) is 13.0. The Kier molecular flexibility index (Phi) is 10.8. The molecular formula is C48H39ClN4O2S. The highest BCUT2D eigenvalue weighted by Crippen LogP contribution is 2.49. The van der Waals surface area contributed by atoms with E-state index in [9.17, 15) is 0 Å². The Morgan fingerprint density at radius 2 is 1.12 bits per heavy atom. The topological polar surface area (TPSA) is 69.0 Å². The minimum absolute atomic E-state index is 0.273. The minimum Gasteiger partial charge on any atom is -0.315 e. The van der Waals surface area contributed by atoms with Gasteiger partial charge >= 0.3 is 5.97 Å². The van der Waals surface area contributed by atoms with E-state index in [0.29, 0.717) is 16.1 Å². The highest BCUT2D eigenvalue weighted by atomic mass is 35.5. The lowest BCUT2D eigenvalue weighted by atomic mass is 9.76. The van der Waals surface area contributed by atoms with Crippen LogP contribution in [0.1, 0.15) is 38.9 Å². The van der Waals surface area contributed by atoms with Crippen LogP contribution in [0.15, 0.2) is 194 Å². The zero-order valence-electron chi connectivity index (χ0n) is 30.7. The Hall–Kier alpha value is -5.99. The summed E-state index contributed by atoms with van der Waals surface area (Å²) < 4.78 is -0.715. The van der Waals surface area contributed by atoms with Crippen LogP contribution in [0.2, 0.25) is 5.02 Å². The smallest absolute Gasteiger partial charge is 0.315 e. The van der Waals surface area contributed by atoms with Crippen molar-refractivity contribution in [3.05, 3.63) is 238 Å². The normalized spacial score (nSPS) is 13.2. The molecule has 8 rings (SSSR count). The van der Waals surface area contributed by atoms with Gasteiger partial charge in [0.2, 0.25) is 0 Å². The van der Waals surface area contributed by atoms with Crippen LogP contribution in [-0.4, -0.2) is 32.9 Å². The largest absolute Gasteiger partial charge is 0.352 e. The summed E-state index contributed by atoms with van der Waals surface area (Å²) in [7, 11) is 0. The van der Waals surface area contributed by atoms with Crippen LogP contribution >= 0.6 is 23.4 Å². The number of aryl methyl sites for hydroxylation is 1. The summed E-state index contributed by atoms with van der Waals surface area (Å²) in [6.07, 6.45) is 0. The van der Waals surface area contributed by atoms with Crippen molar-refractivity contribution >= 4 is 40.4 Å². The van der Waals surface area contributed by atoms with E-state index >= 15 is 4.79 Å². The Bertz CT molecular complexity index is 2440. The highest BCUT2D eigenvalue weighted by molar-refractivity contribution is 8.00. The molecule has 0 radical (unpaired) electrons. The maximum absolute atomic E-state index is 15.1. The molecule has 0 spiro atoms. The van der Waals surface area contributed by atoms with E-state index in [4.69, 9.17) is 16.4 Å². The number of fused-ring (bicyclic) bond motifs is 1. The van der Waals surface area contributed by atoms with E-state index in [1.165, 1.54) is 4.85 Å². The number of hydrogen-bond donors (Lipinski definition) is 1. The Labute approximate surface area is 336 Å². The number of benzene rings is 7. The number of carbonyl (C=O) groups is 1. The van der Waals surface area contributed by atoms with Crippen molar-refractivity contribution in [1.29, 1.82) is 0 Å². The van der Waals surface area contributed by atoms with Crippen molar-refractivity contribution in [3.63, 3.8) is 0 Å². The quantitative estimate of drug-likeness (QED) is 0.0930. The number of nitrogens with one attached hydrogen (secondary N) is 1. The number of para-hydroxylation sites is 1. The van der Waals surface area contributed by atoms with Gasteiger partial charge in [-0.25, -0.2) is 4.79 Å². The Balaban J connectivity index is 1.33. The van der Waals surface area contributed by atoms with Gasteiger partial charge < -0.3 is 4.84 Å². The monoisotopic (exact) mass is 770 g/mol. The number of rotatable bonds is 13. The van der Waals surface area contributed by atoms with Gasteiger partial charge in [-0.15, -0.1) is 16.9 Å². The van der Waals surface area contributed by atoms with Crippen molar-refractivity contribution in [1.82, 2.24) is 20.5 Å². The van der Waals surface area contributed by atoms with Gasteiger partial charge in [0.1, 0.15) is 17.1 Å². The molecule has 0 fully saturated rings. The SMILES string of the molecule is Cc1ccc(C(N[C@@H](CSC(c2ccccc2)(c2ccccc2)c2ccccc2)C(=O)On2nnc3ccccc32)(c2ccccc2)c2ccccc2Cl)cc1. The number of aromatic nitrogens is 3. The molecule has 0 aliphatic heterocycles. The molecule has 6 nitrogen and oxygen atoms in total. The molecular weight excluding hydrogens is 732 g/mol. The molecule has 7 aromatic carbocycles. The molecule has 56 heavy (non-hydrogen) atoms. The van der Waals surface area contributed by atoms with E-state index in [0.717, 1.165) is 38.9 Å². The lowest BCUT2D eigenvalue weighted by Crippen LogP contribution is -2.55. The van der Waals surface area contributed by atoms with Gasteiger partial charge in [0.25, 0.3) is 0 Å². The first kappa shape index (κ1) is 37.0. The third-order valence-corrected chi connectivity index (χ3v) is 12.1. The van der Waals surface area contributed by atoms with Gasteiger partial charge in [-0.05, 0) is 63.7 Å². The van der Waals surface area contributed by atoms with Crippen LogP contribution in [0.4, 0.5) is 0 Å². The second-order valence-electron chi connectivity index (χ2n) is 13.6. The molecule has 1 unspecified atom stereocenters. The number of carbonyl (C=O) groups excluding carboxylic acids is 1. The lowest BCUT2D eigenvalue weighted by molar-refractivity contribution is -0.147. The van der Waals surface area contributed by atoms with Crippen molar-refractivity contribution < 1.29 is 9.63 Å². The first-order valence-corrected chi connectivity index (χ1v) is 19.8. The lowest BCUT2D eigenvalue weighted by Gasteiger charge is -2.41. The van der Waals surface area contributed by atoms with Crippen molar-refractivity contribution in [2.75, 3.05) is 5.75 Å². The Morgan fingerprint density at radius 1 is 0.643 bits per heavy atom. The fourth-order valence-corrected chi connectivity index (χ4v) is 9.27. The fourth-order valence-electron chi connectivity index (χ4n) is 7.45. The van der Waals surface area contributed by atoms with Crippen LogP contribution in [0.5, 0.6) is 0 Å². The zero-order valence-corrected chi connectivity index (χ0v) is 32.3. The summed E-state index contributed by atoms with van der Waals surface area (Å²) >= 11 is 8.86. The van der Waals surface area contributed by atoms with Gasteiger partial charge in [-0.2, -0.15) is 0 Å². The van der Waals surface area contributed by atoms with E-state index < -0.39 is 22.3 Å². The maximum atomic E-state index is 15.1. The summed E-state index contributed by atoms with van der Waals surface area (Å²) in [6, 6.07) is 64.1. The second-order valence-corrected chi connectivity index (χ2v) is 15.3. The molecule has 2 atom stereocenters. The first-order chi connectivity index (χ1) is 27.5. The predicted molar refractivity (Wildman–Crippen MR) is 227 cm³/mol. The van der Waals surface area contributed by atoms with Crippen molar-refractivity contribution in [2.45, 2.75) is 23.3 Å². The molecule has 8 aromatic rings. The fraction of sp³-hybridized carbons (Fsp3) is 0.104. The van der Waals surface area contributed by atoms with Crippen LogP contribution in [0.3, 0.4) is 0 Å². The predicted octanol–water partition coefficient (Wildman–Crippen LogP) is 10.0. The summed E-state index contributed by atoms with van der Waals surface area (Å²) in [5.74, 6) is -0.259. The number of nitrogens with zero attached hydrogens (tertiary/aromatic N) is 3. The van der Waals surface area contributed by atoms with Crippen molar-refractivity contribution in [2.24, 2.45) is 0 Å². The average molecular weight is 771 g/mol. The van der Waals surface area contributed by atoms with Gasteiger partial charge in [-0.3, -0.25) is 5.32 Å². The van der Waals surface area contributed by atoms with E-state index in [2.05, 4.69) is 132 Å². The molecule has 1 N–H and O–H groups in total. The summed E-state index contributed by atoms with van der Waals surface area (Å²) in [5.41, 5.74) is 7.06. The average Bonchev–Trinajstić information content (AvgIpc) is 3.66. The molecule has 0 amide bonds. The standard InChI is InChI=1S/C48H39ClN4O2S/c1-35-30-32-37(33-31-35)47(36-18-6-2-7-19-36,41-26-14-15-27-42(41)49)50-44(46(54)55-53-45-29-17-16-28-43(45)51-52-53)34-56-48(38-20-8-3-9-21-38,39-22-10-4-11-23-39)40-24-12-5-13-25-40/h2-33,44,50H,34H2,1H3/t44-,47?/m0/s1. The Morgan fingerprint density at radius 3 is 1.70 bits per heavy atom. The minimum atomic E-state index is -1.10. The molecule has 0 aliphatic carbocycles. The molecule has 0 aliphatic rings. The maximum Gasteiger partial charge on any atom is 0.352 e. The summed E-state index contributed by atoms with van der Waals surface area (Å²) in [6.45, 7) is 2.06. The van der Waals surface area contributed by atoms with Gasteiger partial charge in [0, 0.05) is 10.8 Å². The third kappa shape index (κ3) is 7.13.